The fourth-order valence-electron chi connectivity index (χ4n) is 2.29. The largest absolute Gasteiger partial charge is 0.388 e. The molecule has 0 aliphatic heterocycles. The Morgan fingerprint density at radius 3 is 2.21 bits per heavy atom. The van der Waals surface area contributed by atoms with E-state index in [4.69, 9.17) is 0 Å². The molecule has 0 aromatic heterocycles. The maximum absolute atomic E-state index is 13.6. The smallest absolute Gasteiger partial charge is 0.131 e. The highest BCUT2D eigenvalue weighted by Gasteiger charge is 2.14. The molecule has 2 rings (SSSR count). The summed E-state index contributed by atoms with van der Waals surface area (Å²) in [6.45, 7) is 3.95. The van der Waals surface area contributed by atoms with Gasteiger partial charge >= 0.3 is 0 Å². The van der Waals surface area contributed by atoms with Crippen LogP contribution in [0, 0.1) is 25.5 Å². The highest BCUT2D eigenvalue weighted by molar-refractivity contribution is 5.30. The average molecular weight is 262 g/mol. The van der Waals surface area contributed by atoms with Crippen LogP contribution in [0.3, 0.4) is 0 Å². The molecule has 1 unspecified atom stereocenters. The number of hydrogen-bond acceptors (Lipinski definition) is 1. The summed E-state index contributed by atoms with van der Waals surface area (Å²) in [5.41, 5.74) is 3.26. The Morgan fingerprint density at radius 1 is 1.00 bits per heavy atom. The Labute approximate surface area is 111 Å². The Balaban J connectivity index is 2.22. The quantitative estimate of drug-likeness (QED) is 0.890. The Morgan fingerprint density at radius 2 is 1.63 bits per heavy atom. The molecule has 0 radical (unpaired) electrons. The second kappa shape index (κ2) is 5.49. The van der Waals surface area contributed by atoms with E-state index in [9.17, 15) is 13.9 Å². The molecule has 0 amide bonds. The van der Waals surface area contributed by atoms with E-state index in [1.54, 1.807) is 0 Å². The standard InChI is InChI=1S/C16H16F2O/c1-10-5-11(2)7-12(6-10)8-16(19)14-4-3-13(17)9-15(14)18/h3-7,9,16,19H,8H2,1-2H3. The van der Waals surface area contributed by atoms with Crippen LogP contribution in [0.5, 0.6) is 0 Å². The summed E-state index contributed by atoms with van der Waals surface area (Å²) in [7, 11) is 0. The molecule has 1 atom stereocenters. The molecule has 0 heterocycles. The Kier molecular flexibility index (Phi) is 3.96. The highest BCUT2D eigenvalue weighted by atomic mass is 19.1. The van der Waals surface area contributed by atoms with Gasteiger partial charge in [-0.15, -0.1) is 0 Å². The van der Waals surface area contributed by atoms with Crippen LogP contribution in [0.25, 0.3) is 0 Å². The summed E-state index contributed by atoms with van der Waals surface area (Å²) in [5.74, 6) is -1.35. The second-order valence-electron chi connectivity index (χ2n) is 4.88. The summed E-state index contributed by atoms with van der Waals surface area (Å²) in [6, 6.07) is 9.19. The minimum Gasteiger partial charge on any atom is -0.388 e. The summed E-state index contributed by atoms with van der Waals surface area (Å²) in [6.07, 6.45) is -0.660. The van der Waals surface area contributed by atoms with Crippen LogP contribution in [0.1, 0.15) is 28.4 Å². The number of aliphatic hydroxyl groups excluding tert-OH is 1. The van der Waals surface area contributed by atoms with Gasteiger partial charge in [-0.1, -0.05) is 35.4 Å². The summed E-state index contributed by atoms with van der Waals surface area (Å²) < 4.78 is 26.4. The number of aryl methyl sites for hydroxylation is 2. The minimum atomic E-state index is -0.971. The van der Waals surface area contributed by atoms with Gasteiger partial charge in [-0.05, 0) is 25.5 Å². The Bertz CT molecular complexity index is 573. The van der Waals surface area contributed by atoms with Gasteiger partial charge in [0, 0.05) is 18.1 Å². The van der Waals surface area contributed by atoms with Crippen molar-refractivity contribution in [3.05, 3.63) is 70.3 Å². The topological polar surface area (TPSA) is 20.2 Å². The lowest BCUT2D eigenvalue weighted by Crippen LogP contribution is -2.05. The first-order valence-electron chi connectivity index (χ1n) is 6.16. The van der Waals surface area contributed by atoms with E-state index in [1.165, 1.54) is 6.07 Å². The van der Waals surface area contributed by atoms with Crippen molar-refractivity contribution in [3.63, 3.8) is 0 Å². The molecule has 2 aromatic carbocycles. The lowest BCUT2D eigenvalue weighted by Gasteiger charge is -2.13. The summed E-state index contributed by atoms with van der Waals surface area (Å²) in [4.78, 5) is 0. The number of aliphatic hydroxyl groups is 1. The lowest BCUT2D eigenvalue weighted by atomic mass is 9.98. The zero-order valence-electron chi connectivity index (χ0n) is 11.0. The van der Waals surface area contributed by atoms with Crippen molar-refractivity contribution >= 4 is 0 Å². The van der Waals surface area contributed by atoms with Crippen molar-refractivity contribution in [1.29, 1.82) is 0 Å². The zero-order chi connectivity index (χ0) is 14.0. The molecule has 0 aliphatic rings. The molecular formula is C16H16F2O. The predicted octanol–water partition coefficient (Wildman–Crippen LogP) is 3.86. The fourth-order valence-corrected chi connectivity index (χ4v) is 2.29. The van der Waals surface area contributed by atoms with Crippen LogP contribution < -0.4 is 0 Å². The first-order valence-corrected chi connectivity index (χ1v) is 6.16. The highest BCUT2D eigenvalue weighted by Crippen LogP contribution is 2.22. The molecule has 1 nitrogen and oxygen atoms in total. The van der Waals surface area contributed by atoms with Crippen molar-refractivity contribution < 1.29 is 13.9 Å². The molecule has 0 spiro atoms. The van der Waals surface area contributed by atoms with Crippen LogP contribution >= 0.6 is 0 Å². The van der Waals surface area contributed by atoms with E-state index < -0.39 is 17.7 Å². The number of halogens is 2. The normalized spacial score (nSPS) is 12.5. The van der Waals surface area contributed by atoms with Crippen LogP contribution in [-0.4, -0.2) is 5.11 Å². The second-order valence-corrected chi connectivity index (χ2v) is 4.88. The van der Waals surface area contributed by atoms with E-state index >= 15 is 0 Å². The fraction of sp³-hybridized carbons (Fsp3) is 0.250. The van der Waals surface area contributed by atoms with Crippen LogP contribution in [-0.2, 0) is 6.42 Å². The van der Waals surface area contributed by atoms with E-state index in [1.807, 2.05) is 32.0 Å². The Hall–Kier alpha value is -1.74. The van der Waals surface area contributed by atoms with Crippen molar-refractivity contribution in [2.75, 3.05) is 0 Å². The van der Waals surface area contributed by atoms with E-state index in [0.717, 1.165) is 28.8 Å². The molecule has 0 saturated carbocycles. The molecule has 0 fully saturated rings. The third-order valence-electron chi connectivity index (χ3n) is 3.03. The molecule has 0 saturated heterocycles. The van der Waals surface area contributed by atoms with Crippen molar-refractivity contribution in [3.8, 4) is 0 Å². The van der Waals surface area contributed by atoms with Crippen LogP contribution in [0.15, 0.2) is 36.4 Å². The number of benzene rings is 2. The zero-order valence-corrected chi connectivity index (χ0v) is 11.0. The molecule has 0 aliphatic carbocycles. The monoisotopic (exact) mass is 262 g/mol. The first-order chi connectivity index (χ1) is 8.95. The van der Waals surface area contributed by atoms with Crippen molar-refractivity contribution in [1.82, 2.24) is 0 Å². The van der Waals surface area contributed by atoms with Gasteiger partial charge in [0.15, 0.2) is 0 Å². The van der Waals surface area contributed by atoms with Crippen LogP contribution in [0.2, 0.25) is 0 Å². The third kappa shape index (κ3) is 3.38. The summed E-state index contributed by atoms with van der Waals surface area (Å²) in [5, 5.41) is 10.1. The lowest BCUT2D eigenvalue weighted by molar-refractivity contribution is 0.173. The third-order valence-corrected chi connectivity index (χ3v) is 3.03. The molecular weight excluding hydrogens is 246 g/mol. The number of hydrogen-bond donors (Lipinski definition) is 1. The van der Waals surface area contributed by atoms with Crippen molar-refractivity contribution in [2.45, 2.75) is 26.4 Å². The van der Waals surface area contributed by atoms with Crippen LogP contribution in [0.4, 0.5) is 8.78 Å². The van der Waals surface area contributed by atoms with Gasteiger partial charge in [0.2, 0.25) is 0 Å². The van der Waals surface area contributed by atoms with Gasteiger partial charge in [-0.25, -0.2) is 8.78 Å². The van der Waals surface area contributed by atoms with Crippen molar-refractivity contribution in [2.24, 2.45) is 0 Å². The van der Waals surface area contributed by atoms with Gasteiger partial charge in [-0.3, -0.25) is 0 Å². The molecule has 19 heavy (non-hydrogen) atoms. The maximum Gasteiger partial charge on any atom is 0.131 e. The number of rotatable bonds is 3. The van der Waals surface area contributed by atoms with Gasteiger partial charge < -0.3 is 5.11 Å². The summed E-state index contributed by atoms with van der Waals surface area (Å²) >= 11 is 0. The van der Waals surface area contributed by atoms with E-state index in [2.05, 4.69) is 0 Å². The SMILES string of the molecule is Cc1cc(C)cc(CC(O)c2ccc(F)cc2F)c1. The average Bonchev–Trinajstić information content (AvgIpc) is 2.26. The van der Waals surface area contributed by atoms with Gasteiger partial charge in [-0.2, -0.15) is 0 Å². The molecule has 1 N–H and O–H groups in total. The van der Waals surface area contributed by atoms with E-state index in [-0.39, 0.29) is 5.56 Å². The molecule has 100 valence electrons. The predicted molar refractivity (Wildman–Crippen MR) is 70.9 cm³/mol. The van der Waals surface area contributed by atoms with E-state index in [0.29, 0.717) is 6.42 Å². The van der Waals surface area contributed by atoms with Gasteiger partial charge in [0.25, 0.3) is 0 Å². The molecule has 0 bridgehead atoms. The first kappa shape index (κ1) is 13.7. The maximum atomic E-state index is 13.6. The molecule has 3 heteroatoms. The van der Waals surface area contributed by atoms with Gasteiger partial charge in [0.1, 0.15) is 11.6 Å². The molecule has 2 aromatic rings. The minimum absolute atomic E-state index is 0.126. The van der Waals surface area contributed by atoms with Gasteiger partial charge in [0.05, 0.1) is 6.10 Å².